The number of carbonyl (C=O) groups is 2. The SMILES string of the molecule is CC(=O)N[C@@H](C=O)[C@@H](O)[C@H](O)[C@](O)(CO)P(=O)(O)OP(=O)(O)O.O=c1ccn([C@@H]2O[C@H](CO)[C@@H](O)[C@H]2O)c(=O)[nH]1.[Na]. The fourth-order valence-electron chi connectivity index (χ4n) is 3.21. The topological polar surface area (TPSA) is 356 Å². The fourth-order valence-corrected chi connectivity index (χ4v) is 5.59. The van der Waals surface area contributed by atoms with Crippen LogP contribution in [0, 0.1) is 0 Å². The molecule has 1 saturated heterocycles. The van der Waals surface area contributed by atoms with E-state index in [9.17, 15) is 58.7 Å². The number of aromatic amines is 1. The summed E-state index contributed by atoms with van der Waals surface area (Å²) in [6.07, 6.45) is -8.90. The van der Waals surface area contributed by atoms with Crippen LogP contribution in [0.2, 0.25) is 0 Å². The number of aromatic nitrogens is 2. The Hall–Kier alpha value is -1.20. The Balaban J connectivity index is 0.000000789. The van der Waals surface area contributed by atoms with E-state index >= 15 is 0 Å². The van der Waals surface area contributed by atoms with Crippen LogP contribution in [0.3, 0.4) is 0 Å². The zero-order valence-electron chi connectivity index (χ0n) is 21.3. The van der Waals surface area contributed by atoms with Crippen LogP contribution >= 0.6 is 15.4 Å². The van der Waals surface area contributed by atoms with E-state index in [2.05, 4.69) is 4.31 Å². The molecule has 0 saturated carbocycles. The maximum absolute atomic E-state index is 11.7. The molecular formula is C17H29N3NaO18P2. The van der Waals surface area contributed by atoms with Gasteiger partial charge in [-0.05, 0) is 0 Å². The van der Waals surface area contributed by atoms with Crippen molar-refractivity contribution in [2.75, 3.05) is 13.2 Å². The number of ether oxygens (including phenoxy) is 1. The molecule has 231 valence electrons. The Bertz CT molecular complexity index is 1240. The minimum atomic E-state index is -5.83. The smallest absolute Gasteiger partial charge is 0.394 e. The molecule has 1 amide bonds. The van der Waals surface area contributed by atoms with Crippen molar-refractivity contribution >= 4 is 57.2 Å². The second-order valence-electron chi connectivity index (χ2n) is 8.17. The maximum Gasteiger partial charge on any atom is 0.476 e. The van der Waals surface area contributed by atoms with Gasteiger partial charge in [-0.3, -0.25) is 23.7 Å². The Morgan fingerprint density at radius 1 is 1.22 bits per heavy atom. The first-order valence-electron chi connectivity index (χ1n) is 10.7. The third-order valence-corrected chi connectivity index (χ3v) is 8.38. The van der Waals surface area contributed by atoms with Crippen molar-refractivity contribution in [3.05, 3.63) is 33.1 Å². The van der Waals surface area contributed by atoms with Gasteiger partial charge >= 0.3 is 21.1 Å². The quantitative estimate of drug-likeness (QED) is 0.0602. The second-order valence-corrected chi connectivity index (χ2v) is 11.6. The number of rotatable bonds is 11. The summed E-state index contributed by atoms with van der Waals surface area (Å²) in [6.45, 7) is -1.33. The molecule has 0 aromatic carbocycles. The van der Waals surface area contributed by atoms with Gasteiger partial charge in [-0.2, -0.15) is 0 Å². The van der Waals surface area contributed by atoms with Crippen molar-refractivity contribution in [2.45, 2.75) is 55.1 Å². The molecule has 12 N–H and O–H groups in total. The van der Waals surface area contributed by atoms with Gasteiger partial charge in [0.05, 0.1) is 13.2 Å². The van der Waals surface area contributed by atoms with E-state index in [1.54, 1.807) is 0 Å². The number of aldehydes is 1. The molecule has 0 bridgehead atoms. The third kappa shape index (κ3) is 10.2. The first-order valence-corrected chi connectivity index (χ1v) is 13.8. The van der Waals surface area contributed by atoms with Crippen LogP contribution < -0.4 is 16.6 Å². The van der Waals surface area contributed by atoms with Gasteiger partial charge in [0, 0.05) is 48.7 Å². The number of phosphoric acid groups is 1. The third-order valence-electron chi connectivity index (χ3n) is 5.26. The molecule has 0 aliphatic carbocycles. The van der Waals surface area contributed by atoms with Crippen molar-refractivity contribution in [1.82, 2.24) is 14.9 Å². The van der Waals surface area contributed by atoms with Crippen LogP contribution in [-0.4, -0.2) is 157 Å². The molecule has 2 heterocycles. The van der Waals surface area contributed by atoms with Crippen LogP contribution in [0.25, 0.3) is 0 Å². The number of aliphatic hydroxyl groups excluding tert-OH is 6. The van der Waals surface area contributed by atoms with Gasteiger partial charge in [-0.15, -0.1) is 0 Å². The number of hydrogen-bond acceptors (Lipinski definition) is 15. The van der Waals surface area contributed by atoms with E-state index in [0.717, 1.165) is 23.8 Å². The zero-order valence-corrected chi connectivity index (χ0v) is 25.1. The van der Waals surface area contributed by atoms with E-state index < -0.39 is 93.9 Å². The van der Waals surface area contributed by atoms with Crippen molar-refractivity contribution in [3.8, 4) is 0 Å². The Morgan fingerprint density at radius 2 is 1.78 bits per heavy atom. The fraction of sp³-hybridized carbons (Fsp3) is 0.647. The predicted octanol–water partition coefficient (Wildman–Crippen LogP) is -6.85. The van der Waals surface area contributed by atoms with Crippen molar-refractivity contribution in [2.24, 2.45) is 0 Å². The molecule has 21 nitrogen and oxygen atoms in total. The molecular weight excluding hydrogens is 619 g/mol. The van der Waals surface area contributed by atoms with Gasteiger partial charge in [-0.1, -0.05) is 0 Å². The number of aliphatic hydroxyl groups is 7. The number of nitrogens with one attached hydrogen (secondary N) is 2. The van der Waals surface area contributed by atoms with E-state index in [0.29, 0.717) is 0 Å². The number of H-pyrrole nitrogens is 1. The summed E-state index contributed by atoms with van der Waals surface area (Å²) in [6, 6.07) is -0.772. The van der Waals surface area contributed by atoms with Gasteiger partial charge in [0.1, 0.15) is 42.8 Å². The van der Waals surface area contributed by atoms with Crippen molar-refractivity contribution in [3.63, 3.8) is 0 Å². The largest absolute Gasteiger partial charge is 0.476 e. The minimum Gasteiger partial charge on any atom is -0.394 e. The average molecular weight is 648 g/mol. The summed E-state index contributed by atoms with van der Waals surface area (Å²) < 4.78 is 31.9. The number of carbonyl (C=O) groups excluding carboxylic acids is 2. The van der Waals surface area contributed by atoms with Crippen LogP contribution in [0.4, 0.5) is 0 Å². The van der Waals surface area contributed by atoms with Gasteiger partial charge in [-0.25, -0.2) is 13.7 Å². The summed E-state index contributed by atoms with van der Waals surface area (Å²) in [5, 5.41) is 64.6. The van der Waals surface area contributed by atoms with E-state index in [1.807, 2.05) is 10.3 Å². The van der Waals surface area contributed by atoms with Crippen LogP contribution in [0.1, 0.15) is 13.2 Å². The Kier molecular flexibility index (Phi) is 15.6. The maximum atomic E-state index is 11.7. The molecule has 1 radical (unpaired) electrons. The van der Waals surface area contributed by atoms with Gasteiger partial charge in [0.25, 0.3) is 5.56 Å². The van der Waals surface area contributed by atoms with Crippen LogP contribution in [0.5, 0.6) is 0 Å². The predicted molar refractivity (Wildman–Crippen MR) is 131 cm³/mol. The summed E-state index contributed by atoms with van der Waals surface area (Å²) in [5.41, 5.74) is -1.33. The van der Waals surface area contributed by atoms with Crippen LogP contribution in [0.15, 0.2) is 21.9 Å². The normalized spacial score (nSPS) is 25.6. The molecule has 41 heavy (non-hydrogen) atoms. The summed E-state index contributed by atoms with van der Waals surface area (Å²) in [7, 11) is -11.5. The molecule has 1 aliphatic heterocycles. The first-order chi connectivity index (χ1) is 18.3. The molecule has 0 spiro atoms. The summed E-state index contributed by atoms with van der Waals surface area (Å²) in [5.74, 6) is -0.848. The van der Waals surface area contributed by atoms with Gasteiger partial charge in [0.15, 0.2) is 6.23 Å². The minimum absolute atomic E-state index is 0. The molecule has 1 aromatic heterocycles. The first kappa shape index (κ1) is 39.8. The summed E-state index contributed by atoms with van der Waals surface area (Å²) in [4.78, 5) is 72.3. The standard InChI is InChI=1S/C9H12N2O6.C8H17NO12P2.Na/c12-3-4-6(14)7(15)8(17-4)11-2-1-5(13)10-9(11)16;1-4(12)9-5(2-10)6(13)7(14)8(15,3-11)22(16,17)21-23(18,19)20;/h1-2,4,6-8,12,14-15H,3H2,(H,10,13,16);2,5-7,11,13-15H,3H2,1H3,(H,9,12)(H,16,17)(H2,18,19,20);/t4-,6-,7-,8-;5-,6+,7-,8-;/m10./s1. The zero-order chi connectivity index (χ0) is 31.2. The van der Waals surface area contributed by atoms with Gasteiger partial charge < -0.3 is 65.3 Å². The van der Waals surface area contributed by atoms with E-state index in [4.69, 9.17) is 24.7 Å². The Labute approximate surface area is 251 Å². The van der Waals surface area contributed by atoms with Crippen molar-refractivity contribution in [1.29, 1.82) is 0 Å². The van der Waals surface area contributed by atoms with E-state index in [1.165, 1.54) is 0 Å². The molecule has 1 aromatic rings. The number of nitrogens with zero attached hydrogens (tertiary/aromatic N) is 1. The number of amides is 1. The molecule has 1 fully saturated rings. The van der Waals surface area contributed by atoms with Crippen molar-refractivity contribution < 1.29 is 78.2 Å². The van der Waals surface area contributed by atoms with Gasteiger partial charge in [0.2, 0.25) is 11.2 Å². The summed E-state index contributed by atoms with van der Waals surface area (Å²) >= 11 is 0. The molecule has 1 unspecified atom stereocenters. The molecule has 9 atom stereocenters. The second kappa shape index (κ2) is 16.0. The average Bonchev–Trinajstić information content (AvgIpc) is 3.13. The van der Waals surface area contributed by atoms with E-state index in [-0.39, 0.29) is 35.8 Å². The molecule has 1 aliphatic rings. The monoisotopic (exact) mass is 648 g/mol. The molecule has 2 rings (SSSR count). The Morgan fingerprint density at radius 3 is 2.17 bits per heavy atom. The molecule has 24 heteroatoms. The number of hydrogen-bond donors (Lipinski definition) is 12. The van der Waals surface area contributed by atoms with Crippen LogP contribution in [-0.2, 0) is 27.8 Å².